The highest BCUT2D eigenvalue weighted by molar-refractivity contribution is 5.99. The first-order chi connectivity index (χ1) is 9.65. The van der Waals surface area contributed by atoms with E-state index in [4.69, 9.17) is 4.74 Å². The number of amides is 1. The third-order valence-electron chi connectivity index (χ3n) is 3.37. The number of nitrogens with zero attached hydrogens (tertiary/aromatic N) is 2. The van der Waals surface area contributed by atoms with Crippen LogP contribution in [0.3, 0.4) is 0 Å². The summed E-state index contributed by atoms with van der Waals surface area (Å²) in [6, 6.07) is 11.6. The Morgan fingerprint density at radius 2 is 2.15 bits per heavy atom. The number of rotatable bonds is 2. The summed E-state index contributed by atoms with van der Waals surface area (Å²) in [5.74, 6) is 0.715. The Balaban J connectivity index is 2.00. The van der Waals surface area contributed by atoms with E-state index in [2.05, 4.69) is 4.98 Å². The molecule has 102 valence electrons. The molecule has 0 aliphatic carbocycles. The molecule has 0 N–H and O–H groups in total. The number of ether oxygens (including phenoxy) is 1. The smallest absolute Gasteiger partial charge is 0.268 e. The normalized spacial score (nSPS) is 17.6. The molecule has 0 saturated heterocycles. The number of carbonyl (C=O) groups is 1. The van der Waals surface area contributed by atoms with Crippen molar-refractivity contribution in [3.63, 3.8) is 0 Å². The monoisotopic (exact) mass is 268 g/mol. The fourth-order valence-electron chi connectivity index (χ4n) is 2.33. The van der Waals surface area contributed by atoms with Crippen molar-refractivity contribution >= 4 is 11.6 Å². The van der Waals surface area contributed by atoms with Gasteiger partial charge in [-0.25, -0.2) is 0 Å². The molecule has 0 saturated carbocycles. The summed E-state index contributed by atoms with van der Waals surface area (Å²) in [4.78, 5) is 18.4. The van der Waals surface area contributed by atoms with Crippen LogP contribution in [0.4, 0.5) is 5.69 Å². The van der Waals surface area contributed by atoms with E-state index in [0.29, 0.717) is 6.54 Å². The Bertz CT molecular complexity index is 640. The lowest BCUT2D eigenvalue weighted by molar-refractivity contribution is -0.125. The average Bonchev–Trinajstić information content (AvgIpc) is 2.46. The van der Waals surface area contributed by atoms with Crippen molar-refractivity contribution in [3.05, 3.63) is 53.9 Å². The standard InChI is InChI=1S/C16H16N2O2/c1-11-6-7-15-14(9-11)18(16(19)12(2)20-15)10-13-5-3-4-8-17-13/h3-9,12H,10H2,1-2H3/t12-/m1/s1. The van der Waals surface area contributed by atoms with Gasteiger partial charge in [-0.2, -0.15) is 0 Å². The molecule has 0 unspecified atom stereocenters. The predicted molar refractivity (Wildman–Crippen MR) is 76.7 cm³/mol. The SMILES string of the molecule is Cc1ccc2c(c1)N(Cc1ccccn1)C(=O)[C@@H](C)O2. The molecule has 1 aliphatic rings. The van der Waals surface area contributed by atoms with Gasteiger partial charge in [0.2, 0.25) is 0 Å². The van der Waals surface area contributed by atoms with Crippen molar-refractivity contribution in [1.82, 2.24) is 4.98 Å². The molecule has 0 bridgehead atoms. The number of hydrogen-bond donors (Lipinski definition) is 0. The zero-order valence-electron chi connectivity index (χ0n) is 11.5. The highest BCUT2D eigenvalue weighted by Gasteiger charge is 2.31. The molecule has 0 fully saturated rings. The fraction of sp³-hybridized carbons (Fsp3) is 0.250. The summed E-state index contributed by atoms with van der Waals surface area (Å²) in [6.07, 6.45) is 1.27. The number of benzene rings is 1. The van der Waals surface area contributed by atoms with Crippen molar-refractivity contribution in [2.75, 3.05) is 4.90 Å². The Morgan fingerprint density at radius 3 is 2.90 bits per heavy atom. The van der Waals surface area contributed by atoms with Crippen LogP contribution in [0, 0.1) is 6.92 Å². The molecule has 1 atom stereocenters. The maximum atomic E-state index is 12.4. The Morgan fingerprint density at radius 1 is 1.30 bits per heavy atom. The van der Waals surface area contributed by atoms with Gasteiger partial charge in [0.05, 0.1) is 17.9 Å². The predicted octanol–water partition coefficient (Wildman–Crippen LogP) is 2.70. The van der Waals surface area contributed by atoms with Crippen LogP contribution < -0.4 is 9.64 Å². The van der Waals surface area contributed by atoms with E-state index in [0.717, 1.165) is 22.7 Å². The molecule has 0 spiro atoms. The summed E-state index contributed by atoms with van der Waals surface area (Å²) >= 11 is 0. The number of fused-ring (bicyclic) bond motifs is 1. The lowest BCUT2D eigenvalue weighted by atomic mass is 10.1. The molecule has 4 heteroatoms. The average molecular weight is 268 g/mol. The van der Waals surface area contributed by atoms with E-state index >= 15 is 0 Å². The molecule has 2 heterocycles. The van der Waals surface area contributed by atoms with Gasteiger partial charge in [-0.15, -0.1) is 0 Å². The summed E-state index contributed by atoms with van der Waals surface area (Å²) in [5.41, 5.74) is 2.78. The maximum absolute atomic E-state index is 12.4. The number of hydrogen-bond acceptors (Lipinski definition) is 3. The maximum Gasteiger partial charge on any atom is 0.268 e. The first-order valence-electron chi connectivity index (χ1n) is 6.64. The van der Waals surface area contributed by atoms with Crippen molar-refractivity contribution < 1.29 is 9.53 Å². The van der Waals surface area contributed by atoms with Gasteiger partial charge in [0.15, 0.2) is 6.10 Å². The minimum Gasteiger partial charge on any atom is -0.479 e. The lowest BCUT2D eigenvalue weighted by Gasteiger charge is -2.33. The van der Waals surface area contributed by atoms with Crippen molar-refractivity contribution in [2.45, 2.75) is 26.5 Å². The molecule has 1 amide bonds. The summed E-state index contributed by atoms with van der Waals surface area (Å²) in [7, 11) is 0. The van der Waals surface area contributed by atoms with Gasteiger partial charge in [0.1, 0.15) is 5.75 Å². The largest absolute Gasteiger partial charge is 0.479 e. The van der Waals surface area contributed by atoms with Gasteiger partial charge >= 0.3 is 0 Å². The van der Waals surface area contributed by atoms with E-state index in [-0.39, 0.29) is 5.91 Å². The molecule has 0 radical (unpaired) electrons. The highest BCUT2D eigenvalue weighted by Crippen LogP contribution is 2.35. The zero-order valence-corrected chi connectivity index (χ0v) is 11.5. The van der Waals surface area contributed by atoms with E-state index < -0.39 is 6.10 Å². The van der Waals surface area contributed by atoms with E-state index in [1.54, 1.807) is 18.0 Å². The molecule has 4 nitrogen and oxygen atoms in total. The van der Waals surface area contributed by atoms with Crippen LogP contribution in [-0.4, -0.2) is 17.0 Å². The number of anilines is 1. The second-order valence-corrected chi connectivity index (χ2v) is 4.98. The number of carbonyl (C=O) groups excluding carboxylic acids is 1. The lowest BCUT2D eigenvalue weighted by Crippen LogP contribution is -2.44. The minimum absolute atomic E-state index is 0.0336. The van der Waals surface area contributed by atoms with E-state index in [9.17, 15) is 4.79 Å². The number of pyridine rings is 1. The van der Waals surface area contributed by atoms with Crippen molar-refractivity contribution in [1.29, 1.82) is 0 Å². The second kappa shape index (κ2) is 4.96. The molecule has 1 aromatic heterocycles. The Kier molecular flexibility index (Phi) is 3.14. The van der Waals surface area contributed by atoms with Gasteiger partial charge in [-0.1, -0.05) is 12.1 Å². The van der Waals surface area contributed by atoms with Gasteiger partial charge in [0, 0.05) is 6.20 Å². The molecule has 3 rings (SSSR count). The Labute approximate surface area is 118 Å². The van der Waals surface area contributed by atoms with Gasteiger partial charge in [0.25, 0.3) is 5.91 Å². The minimum atomic E-state index is -0.464. The highest BCUT2D eigenvalue weighted by atomic mass is 16.5. The van der Waals surface area contributed by atoms with Gasteiger partial charge in [-0.3, -0.25) is 14.7 Å². The van der Waals surface area contributed by atoms with Crippen LogP contribution in [0.15, 0.2) is 42.6 Å². The van der Waals surface area contributed by atoms with Crippen LogP contribution >= 0.6 is 0 Å². The topological polar surface area (TPSA) is 42.4 Å². The molecule has 1 aromatic carbocycles. The quantitative estimate of drug-likeness (QED) is 0.841. The van der Waals surface area contributed by atoms with Crippen LogP contribution in [0.5, 0.6) is 5.75 Å². The van der Waals surface area contributed by atoms with Crippen LogP contribution in [-0.2, 0) is 11.3 Å². The summed E-state index contributed by atoms with van der Waals surface area (Å²) < 4.78 is 5.66. The molecule has 20 heavy (non-hydrogen) atoms. The third-order valence-corrected chi connectivity index (χ3v) is 3.37. The van der Waals surface area contributed by atoms with Crippen molar-refractivity contribution in [2.24, 2.45) is 0 Å². The molecular weight excluding hydrogens is 252 g/mol. The van der Waals surface area contributed by atoms with Crippen molar-refractivity contribution in [3.8, 4) is 5.75 Å². The number of aromatic nitrogens is 1. The van der Waals surface area contributed by atoms with E-state index in [1.807, 2.05) is 43.3 Å². The van der Waals surface area contributed by atoms with Crippen LogP contribution in [0.25, 0.3) is 0 Å². The Hall–Kier alpha value is -2.36. The third kappa shape index (κ3) is 2.25. The van der Waals surface area contributed by atoms with Gasteiger partial charge < -0.3 is 4.74 Å². The first-order valence-corrected chi connectivity index (χ1v) is 6.64. The zero-order chi connectivity index (χ0) is 14.1. The van der Waals surface area contributed by atoms with E-state index in [1.165, 1.54) is 0 Å². The second-order valence-electron chi connectivity index (χ2n) is 4.98. The molecule has 2 aromatic rings. The summed E-state index contributed by atoms with van der Waals surface area (Å²) in [5, 5.41) is 0. The molecule has 1 aliphatic heterocycles. The number of aryl methyl sites for hydroxylation is 1. The fourth-order valence-corrected chi connectivity index (χ4v) is 2.33. The van der Waals surface area contributed by atoms with Crippen LogP contribution in [0.1, 0.15) is 18.2 Å². The van der Waals surface area contributed by atoms with Crippen LogP contribution in [0.2, 0.25) is 0 Å². The molecular formula is C16H16N2O2. The van der Waals surface area contributed by atoms with Gasteiger partial charge in [-0.05, 0) is 43.7 Å². The first kappa shape index (κ1) is 12.7. The summed E-state index contributed by atoms with van der Waals surface area (Å²) in [6.45, 7) is 4.24.